The van der Waals surface area contributed by atoms with Gasteiger partial charge in [-0.25, -0.2) is 8.42 Å². The Morgan fingerprint density at radius 1 is 1.24 bits per heavy atom. The lowest BCUT2D eigenvalue weighted by Gasteiger charge is -2.29. The highest BCUT2D eigenvalue weighted by Crippen LogP contribution is 2.37. The van der Waals surface area contributed by atoms with Crippen LogP contribution in [-0.4, -0.2) is 31.9 Å². The van der Waals surface area contributed by atoms with Crippen LogP contribution in [0.1, 0.15) is 19.3 Å². The average molecular weight is 396 g/mol. The fraction of sp³-hybridized carbons (Fsp3) is 0.571. The molecule has 4 nitrogen and oxygen atoms in total. The number of hydrogen-bond donors (Lipinski definition) is 1. The number of nitrogens with zero attached hydrogens (tertiary/aromatic N) is 1. The fourth-order valence-electron chi connectivity index (χ4n) is 3.45. The van der Waals surface area contributed by atoms with Gasteiger partial charge in [-0.15, -0.1) is 12.4 Å². The van der Waals surface area contributed by atoms with Crippen molar-refractivity contribution < 1.29 is 8.42 Å². The maximum atomic E-state index is 12.7. The second-order valence-electron chi connectivity index (χ2n) is 5.80. The van der Waals surface area contributed by atoms with E-state index in [1.54, 1.807) is 22.5 Å². The molecule has 0 amide bonds. The van der Waals surface area contributed by atoms with Crippen LogP contribution in [0.5, 0.6) is 0 Å². The molecule has 0 bridgehead atoms. The van der Waals surface area contributed by atoms with Crippen LogP contribution in [0.4, 0.5) is 0 Å². The summed E-state index contributed by atoms with van der Waals surface area (Å²) in [4.78, 5) is 0.360. The van der Waals surface area contributed by atoms with Crippen LogP contribution in [-0.2, 0) is 10.0 Å². The number of halogens is 2. The summed E-state index contributed by atoms with van der Waals surface area (Å²) in [5.41, 5.74) is 6.16. The van der Waals surface area contributed by atoms with E-state index in [4.69, 9.17) is 5.73 Å². The molecular formula is C14H20BrClN2O2S. The lowest BCUT2D eigenvalue weighted by Crippen LogP contribution is -2.38. The highest BCUT2D eigenvalue weighted by molar-refractivity contribution is 9.10. The number of sulfonamides is 1. The minimum Gasteiger partial charge on any atom is -0.327 e. The van der Waals surface area contributed by atoms with Gasteiger partial charge >= 0.3 is 0 Å². The molecule has 118 valence electrons. The molecule has 1 aromatic carbocycles. The molecule has 7 heteroatoms. The van der Waals surface area contributed by atoms with Gasteiger partial charge in [0.25, 0.3) is 0 Å². The monoisotopic (exact) mass is 394 g/mol. The van der Waals surface area contributed by atoms with Crippen LogP contribution in [0, 0.1) is 11.8 Å². The van der Waals surface area contributed by atoms with Gasteiger partial charge in [0.15, 0.2) is 0 Å². The van der Waals surface area contributed by atoms with E-state index >= 15 is 0 Å². The Morgan fingerprint density at radius 3 is 2.67 bits per heavy atom. The zero-order valence-corrected chi connectivity index (χ0v) is 14.8. The molecule has 1 heterocycles. The van der Waals surface area contributed by atoms with Crippen molar-refractivity contribution in [1.82, 2.24) is 4.31 Å². The van der Waals surface area contributed by atoms with Crippen molar-refractivity contribution in [1.29, 1.82) is 0 Å². The van der Waals surface area contributed by atoms with E-state index in [0.29, 0.717) is 29.8 Å². The van der Waals surface area contributed by atoms with Crippen molar-refractivity contribution in [3.05, 3.63) is 28.7 Å². The van der Waals surface area contributed by atoms with Crippen molar-refractivity contribution in [2.75, 3.05) is 13.1 Å². The van der Waals surface area contributed by atoms with Crippen molar-refractivity contribution in [3.8, 4) is 0 Å². The minimum absolute atomic E-state index is 0. The lowest BCUT2D eigenvalue weighted by atomic mass is 9.78. The highest BCUT2D eigenvalue weighted by Gasteiger charge is 2.43. The molecule has 0 radical (unpaired) electrons. The molecule has 1 aromatic rings. The van der Waals surface area contributed by atoms with E-state index in [1.807, 2.05) is 6.07 Å². The zero-order valence-electron chi connectivity index (χ0n) is 11.6. The van der Waals surface area contributed by atoms with E-state index < -0.39 is 10.0 Å². The summed E-state index contributed by atoms with van der Waals surface area (Å²) in [6, 6.07) is 7.06. The van der Waals surface area contributed by atoms with Gasteiger partial charge in [-0.2, -0.15) is 4.31 Å². The van der Waals surface area contributed by atoms with Gasteiger partial charge in [0, 0.05) is 23.6 Å². The standard InChI is InChI=1S/C14H19BrN2O2S.ClH/c15-11-4-2-5-12(7-11)20(18,19)17-8-10-3-1-6-14(16)13(10)9-17;/h2,4-5,7,10,13-14H,1,3,6,8-9,16H2;1H. The number of benzene rings is 1. The maximum Gasteiger partial charge on any atom is 0.243 e. The molecular weight excluding hydrogens is 376 g/mol. The zero-order chi connectivity index (χ0) is 14.3. The van der Waals surface area contributed by atoms with E-state index in [-0.39, 0.29) is 18.4 Å². The van der Waals surface area contributed by atoms with Gasteiger partial charge in [-0.3, -0.25) is 0 Å². The second kappa shape index (κ2) is 6.54. The average Bonchev–Trinajstić information content (AvgIpc) is 2.85. The van der Waals surface area contributed by atoms with Crippen molar-refractivity contribution in [2.24, 2.45) is 17.6 Å². The smallest absolute Gasteiger partial charge is 0.243 e. The number of nitrogens with two attached hydrogens (primary N) is 1. The van der Waals surface area contributed by atoms with Gasteiger partial charge in [0.05, 0.1) is 4.90 Å². The number of rotatable bonds is 2. The highest BCUT2D eigenvalue weighted by atomic mass is 79.9. The first-order valence-corrected chi connectivity index (χ1v) is 9.23. The van der Waals surface area contributed by atoms with Crippen LogP contribution in [0.25, 0.3) is 0 Å². The Balaban J connectivity index is 0.00000161. The third kappa shape index (κ3) is 3.29. The first-order valence-electron chi connectivity index (χ1n) is 7.00. The van der Waals surface area contributed by atoms with E-state index in [2.05, 4.69) is 15.9 Å². The summed E-state index contributed by atoms with van der Waals surface area (Å²) in [6.45, 7) is 1.19. The van der Waals surface area contributed by atoms with Crippen molar-refractivity contribution >= 4 is 38.4 Å². The van der Waals surface area contributed by atoms with Crippen LogP contribution in [0.2, 0.25) is 0 Å². The molecule has 1 aliphatic heterocycles. The third-order valence-electron chi connectivity index (χ3n) is 4.55. The molecule has 1 saturated heterocycles. The summed E-state index contributed by atoms with van der Waals surface area (Å²) < 4.78 is 27.8. The first-order chi connectivity index (χ1) is 9.48. The molecule has 3 unspecified atom stereocenters. The molecule has 1 saturated carbocycles. The quantitative estimate of drug-likeness (QED) is 0.837. The minimum atomic E-state index is -3.40. The van der Waals surface area contributed by atoms with Gasteiger partial charge in [0.1, 0.15) is 0 Å². The van der Waals surface area contributed by atoms with Gasteiger partial charge in [-0.1, -0.05) is 28.4 Å². The summed E-state index contributed by atoms with van der Waals surface area (Å²) >= 11 is 3.33. The molecule has 21 heavy (non-hydrogen) atoms. The molecule has 2 fully saturated rings. The van der Waals surface area contributed by atoms with Crippen LogP contribution in [0.3, 0.4) is 0 Å². The summed E-state index contributed by atoms with van der Waals surface area (Å²) in [5.74, 6) is 0.756. The van der Waals surface area contributed by atoms with E-state index in [0.717, 1.165) is 23.7 Å². The van der Waals surface area contributed by atoms with Crippen LogP contribution < -0.4 is 5.73 Å². The molecule has 2 aliphatic rings. The summed E-state index contributed by atoms with van der Waals surface area (Å²) in [6.07, 6.45) is 3.24. The Labute approximate surface area is 140 Å². The van der Waals surface area contributed by atoms with E-state index in [1.165, 1.54) is 0 Å². The molecule has 3 atom stereocenters. The van der Waals surface area contributed by atoms with Gasteiger partial charge < -0.3 is 5.73 Å². The van der Waals surface area contributed by atoms with E-state index in [9.17, 15) is 8.42 Å². The predicted octanol–water partition coefficient (Wildman–Crippen LogP) is 2.62. The van der Waals surface area contributed by atoms with Crippen molar-refractivity contribution in [2.45, 2.75) is 30.2 Å². The fourth-order valence-corrected chi connectivity index (χ4v) is 5.58. The third-order valence-corrected chi connectivity index (χ3v) is 6.88. The Bertz CT molecular complexity index is 611. The molecule has 3 rings (SSSR count). The van der Waals surface area contributed by atoms with Gasteiger partial charge in [-0.05, 0) is 42.9 Å². The Hall–Kier alpha value is -0.140. The molecule has 0 aromatic heterocycles. The topological polar surface area (TPSA) is 63.4 Å². The molecule has 0 spiro atoms. The number of hydrogen-bond acceptors (Lipinski definition) is 3. The largest absolute Gasteiger partial charge is 0.327 e. The van der Waals surface area contributed by atoms with Crippen LogP contribution >= 0.6 is 28.3 Å². The van der Waals surface area contributed by atoms with Crippen molar-refractivity contribution in [3.63, 3.8) is 0 Å². The SMILES string of the molecule is Cl.NC1CCCC2CN(S(=O)(=O)c3cccc(Br)c3)CC12. The maximum absolute atomic E-state index is 12.7. The van der Waals surface area contributed by atoms with Crippen LogP contribution in [0.15, 0.2) is 33.6 Å². The lowest BCUT2D eigenvalue weighted by molar-refractivity contribution is 0.260. The Morgan fingerprint density at radius 2 is 2.00 bits per heavy atom. The first kappa shape index (κ1) is 17.2. The van der Waals surface area contributed by atoms with Gasteiger partial charge in [0.2, 0.25) is 10.0 Å². The molecule has 2 N–H and O–H groups in total. The summed E-state index contributed by atoms with van der Waals surface area (Å²) in [5, 5.41) is 0. The molecule has 1 aliphatic carbocycles. The normalized spacial score (nSPS) is 29.7. The predicted molar refractivity (Wildman–Crippen MR) is 89.0 cm³/mol. The summed E-state index contributed by atoms with van der Waals surface area (Å²) in [7, 11) is -3.40. The second-order valence-corrected chi connectivity index (χ2v) is 8.65. The Kier molecular flexibility index (Phi) is 5.36. The number of fused-ring (bicyclic) bond motifs is 1.